The largest absolute Gasteiger partial charge is 0.478 e. The van der Waals surface area contributed by atoms with Gasteiger partial charge in [-0.05, 0) is 41.5 Å². The van der Waals surface area contributed by atoms with Gasteiger partial charge in [0.1, 0.15) is 17.2 Å². The molecule has 106 valence electrons. The van der Waals surface area contributed by atoms with Gasteiger partial charge in [0.15, 0.2) is 4.34 Å². The van der Waals surface area contributed by atoms with Gasteiger partial charge >= 0.3 is 5.97 Å². The summed E-state index contributed by atoms with van der Waals surface area (Å²) in [6.45, 7) is 2.00. The second-order valence-electron chi connectivity index (χ2n) is 4.15. The van der Waals surface area contributed by atoms with Crippen LogP contribution in [0.1, 0.15) is 23.1 Å². The highest BCUT2D eigenvalue weighted by Crippen LogP contribution is 2.32. The van der Waals surface area contributed by atoms with Gasteiger partial charge in [0.25, 0.3) is 0 Å². The molecule has 0 spiro atoms. The highest BCUT2D eigenvalue weighted by Gasteiger charge is 2.11. The van der Waals surface area contributed by atoms with Crippen molar-refractivity contribution in [1.29, 1.82) is 0 Å². The van der Waals surface area contributed by atoms with Gasteiger partial charge in [0.2, 0.25) is 0 Å². The summed E-state index contributed by atoms with van der Waals surface area (Å²) in [6.07, 6.45) is 2.22. The summed E-state index contributed by atoms with van der Waals surface area (Å²) in [5, 5.41) is 10.6. The number of aromatic nitrogens is 4. The second kappa shape index (κ2) is 5.74. The molecule has 0 fully saturated rings. The zero-order valence-electron chi connectivity index (χ0n) is 11.0. The quantitative estimate of drug-likeness (QED) is 0.740. The van der Waals surface area contributed by atoms with Crippen LogP contribution in [0.15, 0.2) is 33.9 Å². The molecule has 2 aromatic heterocycles. The van der Waals surface area contributed by atoms with E-state index in [1.54, 1.807) is 18.2 Å². The molecule has 1 N–H and O–H groups in total. The fourth-order valence-electron chi connectivity index (χ4n) is 1.75. The zero-order chi connectivity index (χ0) is 14.8. The molecule has 3 aromatic rings. The van der Waals surface area contributed by atoms with Crippen LogP contribution in [0.4, 0.5) is 0 Å². The number of hydrogen-bond donors (Lipinski definition) is 1. The lowest BCUT2D eigenvalue weighted by Gasteiger charge is -2.03. The van der Waals surface area contributed by atoms with Gasteiger partial charge in [-0.25, -0.2) is 19.7 Å². The van der Waals surface area contributed by atoms with Gasteiger partial charge in [-0.3, -0.25) is 0 Å². The number of aromatic carboxylic acids is 1. The minimum Gasteiger partial charge on any atom is -0.478 e. The Bertz CT molecular complexity index is 819. The molecule has 0 aliphatic rings. The Morgan fingerprint density at radius 1 is 1.38 bits per heavy atom. The smallest absolute Gasteiger partial charge is 0.335 e. The second-order valence-corrected chi connectivity index (χ2v) is 6.14. The predicted molar refractivity (Wildman–Crippen MR) is 79.9 cm³/mol. The zero-order valence-corrected chi connectivity index (χ0v) is 12.6. The number of carboxylic acid groups (broad SMARTS) is 1. The van der Waals surface area contributed by atoms with Crippen LogP contribution >= 0.6 is 23.3 Å². The SMILES string of the molecule is CCc1nsc(Sc2ncnc3cc(C(=O)O)ccc23)n1. The molecular weight excluding hydrogens is 308 g/mol. The van der Waals surface area contributed by atoms with E-state index in [1.165, 1.54) is 29.6 Å². The normalized spacial score (nSPS) is 10.9. The van der Waals surface area contributed by atoms with Gasteiger partial charge in [0, 0.05) is 11.8 Å². The van der Waals surface area contributed by atoms with Gasteiger partial charge < -0.3 is 5.11 Å². The first-order chi connectivity index (χ1) is 10.2. The molecule has 0 saturated heterocycles. The number of carbonyl (C=O) groups is 1. The van der Waals surface area contributed by atoms with Crippen LogP contribution in [-0.4, -0.2) is 30.4 Å². The van der Waals surface area contributed by atoms with Crippen LogP contribution < -0.4 is 0 Å². The first-order valence-electron chi connectivity index (χ1n) is 6.16. The van der Waals surface area contributed by atoms with Crippen molar-refractivity contribution in [3.8, 4) is 0 Å². The van der Waals surface area contributed by atoms with Gasteiger partial charge in [-0.1, -0.05) is 6.92 Å². The molecule has 3 rings (SSSR count). The van der Waals surface area contributed by atoms with Crippen molar-refractivity contribution < 1.29 is 9.90 Å². The Morgan fingerprint density at radius 3 is 2.95 bits per heavy atom. The number of benzene rings is 1. The maximum Gasteiger partial charge on any atom is 0.335 e. The van der Waals surface area contributed by atoms with E-state index in [0.717, 1.165) is 27.0 Å². The minimum absolute atomic E-state index is 0.210. The Morgan fingerprint density at radius 2 is 2.24 bits per heavy atom. The summed E-state index contributed by atoms with van der Waals surface area (Å²) >= 11 is 2.75. The molecule has 1 aromatic carbocycles. The molecule has 0 radical (unpaired) electrons. The van der Waals surface area contributed by atoms with E-state index < -0.39 is 5.97 Å². The van der Waals surface area contributed by atoms with Crippen LogP contribution in [0.3, 0.4) is 0 Å². The average molecular weight is 318 g/mol. The van der Waals surface area contributed by atoms with Crippen LogP contribution in [0.5, 0.6) is 0 Å². The number of carboxylic acids is 1. The van der Waals surface area contributed by atoms with E-state index in [4.69, 9.17) is 5.11 Å². The minimum atomic E-state index is -0.971. The van der Waals surface area contributed by atoms with Crippen molar-refractivity contribution in [3.05, 3.63) is 35.9 Å². The average Bonchev–Trinajstić information content (AvgIpc) is 2.94. The molecule has 0 bridgehead atoms. The topological polar surface area (TPSA) is 88.9 Å². The number of fused-ring (bicyclic) bond motifs is 1. The monoisotopic (exact) mass is 318 g/mol. The van der Waals surface area contributed by atoms with Crippen LogP contribution in [0, 0.1) is 0 Å². The third-order valence-corrected chi connectivity index (χ3v) is 4.60. The lowest BCUT2D eigenvalue weighted by molar-refractivity contribution is 0.0697. The predicted octanol–water partition coefficient (Wildman–Crippen LogP) is 2.89. The Hall–Kier alpha value is -2.06. The van der Waals surface area contributed by atoms with Crippen molar-refractivity contribution in [2.45, 2.75) is 22.7 Å². The van der Waals surface area contributed by atoms with Crippen LogP contribution in [-0.2, 0) is 6.42 Å². The molecular formula is C13H10N4O2S2. The maximum atomic E-state index is 11.0. The van der Waals surface area contributed by atoms with E-state index in [9.17, 15) is 4.79 Å². The molecule has 0 unspecified atom stereocenters. The highest BCUT2D eigenvalue weighted by molar-refractivity contribution is 8.01. The van der Waals surface area contributed by atoms with E-state index in [0.29, 0.717) is 5.52 Å². The third-order valence-electron chi connectivity index (χ3n) is 2.80. The molecule has 0 aliphatic heterocycles. The summed E-state index contributed by atoms with van der Waals surface area (Å²) in [7, 11) is 0. The Labute approximate surface area is 128 Å². The fraction of sp³-hybridized carbons (Fsp3) is 0.154. The molecule has 0 amide bonds. The molecule has 8 heteroatoms. The first-order valence-corrected chi connectivity index (χ1v) is 7.75. The number of aryl methyl sites for hydroxylation is 1. The van der Waals surface area contributed by atoms with E-state index in [1.807, 2.05) is 6.92 Å². The van der Waals surface area contributed by atoms with Crippen molar-refractivity contribution in [3.63, 3.8) is 0 Å². The van der Waals surface area contributed by atoms with Crippen molar-refractivity contribution in [2.24, 2.45) is 0 Å². The van der Waals surface area contributed by atoms with Gasteiger partial charge in [0.05, 0.1) is 11.1 Å². The van der Waals surface area contributed by atoms with E-state index in [-0.39, 0.29) is 5.56 Å². The standard InChI is InChI=1S/C13H10N4O2S2/c1-2-10-16-13(21-17-10)20-11-8-4-3-7(12(18)19)5-9(8)14-6-15-11/h3-6H,2H2,1H3,(H,18,19). The van der Waals surface area contributed by atoms with Crippen molar-refractivity contribution in [2.75, 3.05) is 0 Å². The number of nitrogens with zero attached hydrogens (tertiary/aromatic N) is 4. The molecule has 6 nitrogen and oxygen atoms in total. The van der Waals surface area contributed by atoms with Gasteiger partial charge in [-0.2, -0.15) is 4.37 Å². The van der Waals surface area contributed by atoms with Crippen LogP contribution in [0.2, 0.25) is 0 Å². The summed E-state index contributed by atoms with van der Waals surface area (Å²) < 4.78 is 5.05. The van der Waals surface area contributed by atoms with Crippen LogP contribution in [0.25, 0.3) is 10.9 Å². The Balaban J connectivity index is 2.00. The summed E-state index contributed by atoms with van der Waals surface area (Å²) in [6, 6.07) is 4.82. The van der Waals surface area contributed by atoms with Gasteiger partial charge in [-0.15, -0.1) is 0 Å². The fourth-order valence-corrected chi connectivity index (χ4v) is 3.45. The van der Waals surface area contributed by atoms with Crippen molar-refractivity contribution >= 4 is 40.2 Å². The lowest BCUT2D eigenvalue weighted by Crippen LogP contribution is -1.96. The molecule has 2 heterocycles. The molecule has 0 atom stereocenters. The summed E-state index contributed by atoms with van der Waals surface area (Å²) in [5.74, 6) is -0.157. The van der Waals surface area contributed by atoms with Crippen molar-refractivity contribution in [1.82, 2.24) is 19.3 Å². The molecule has 21 heavy (non-hydrogen) atoms. The number of rotatable bonds is 4. The summed E-state index contributed by atoms with van der Waals surface area (Å²) in [4.78, 5) is 23.8. The van der Waals surface area contributed by atoms with E-state index >= 15 is 0 Å². The number of hydrogen-bond acceptors (Lipinski definition) is 7. The van der Waals surface area contributed by atoms with E-state index in [2.05, 4.69) is 19.3 Å². The maximum absolute atomic E-state index is 11.0. The highest BCUT2D eigenvalue weighted by atomic mass is 32.2. The third kappa shape index (κ3) is 2.86. The molecule has 0 aliphatic carbocycles. The Kier molecular flexibility index (Phi) is 3.80. The first kappa shape index (κ1) is 13.9. The molecule has 0 saturated carbocycles. The lowest BCUT2D eigenvalue weighted by atomic mass is 10.1. The summed E-state index contributed by atoms with van der Waals surface area (Å²) in [5.41, 5.74) is 0.814.